The van der Waals surface area contributed by atoms with Crippen molar-refractivity contribution in [1.82, 2.24) is 5.32 Å². The highest BCUT2D eigenvalue weighted by Crippen LogP contribution is 2.48. The molecule has 1 saturated carbocycles. The molecular formula is C25H25F4N3O4S. The molecule has 1 aromatic heterocycles. The van der Waals surface area contributed by atoms with Crippen LogP contribution in [0.4, 0.5) is 23.2 Å². The topological polar surface area (TPSA) is 84.1 Å². The maximum absolute atomic E-state index is 13.6. The number of fused-ring (bicyclic) bond motifs is 1. The van der Waals surface area contributed by atoms with Gasteiger partial charge in [-0.25, -0.2) is 12.8 Å². The van der Waals surface area contributed by atoms with E-state index < -0.39 is 28.4 Å². The van der Waals surface area contributed by atoms with E-state index in [2.05, 4.69) is 10.5 Å². The summed E-state index contributed by atoms with van der Waals surface area (Å²) in [6.45, 7) is 0.566. The van der Waals surface area contributed by atoms with Gasteiger partial charge in [-0.15, -0.1) is 0 Å². The van der Waals surface area contributed by atoms with Crippen molar-refractivity contribution < 1.29 is 35.2 Å². The van der Waals surface area contributed by atoms with E-state index in [9.17, 15) is 26.0 Å². The summed E-state index contributed by atoms with van der Waals surface area (Å²) < 4.78 is 84.7. The molecule has 0 unspecified atom stereocenters. The minimum absolute atomic E-state index is 0.0702. The second kappa shape index (κ2) is 9.55. The number of sulfonamides is 1. The molecule has 1 fully saturated rings. The lowest BCUT2D eigenvalue weighted by atomic mass is 10.00. The van der Waals surface area contributed by atoms with Gasteiger partial charge < -0.3 is 14.6 Å². The Labute approximate surface area is 211 Å². The van der Waals surface area contributed by atoms with Gasteiger partial charge in [0.2, 0.25) is 10.0 Å². The average Bonchev–Trinajstić information content (AvgIpc) is 3.61. The molecule has 1 aliphatic carbocycles. The van der Waals surface area contributed by atoms with Crippen LogP contribution in [-0.2, 0) is 14.9 Å². The maximum Gasteiger partial charge on any atom is 0.389 e. The van der Waals surface area contributed by atoms with Crippen LogP contribution in [0.2, 0.25) is 0 Å². The Morgan fingerprint density at radius 3 is 2.49 bits per heavy atom. The highest BCUT2D eigenvalue weighted by Gasteiger charge is 2.34. The van der Waals surface area contributed by atoms with Crippen molar-refractivity contribution >= 4 is 32.5 Å². The summed E-state index contributed by atoms with van der Waals surface area (Å²) in [7, 11) is -3.89. The molecule has 12 heteroatoms. The standard InChI is InChI=1S/C25H25F4N3O4S/c1-37(33,34)32(11-2-9-25(27,28)29)20-14-21-19(13-18(20)15-3-4-15)22(24-30-10-12-35-31-24)23(36-21)16-5-7-17(26)8-6-16/h5-8,13-15H,2-4,9-12H2,1H3,(H,30,31). The third kappa shape index (κ3) is 5.53. The van der Waals surface area contributed by atoms with E-state index in [4.69, 9.17) is 9.25 Å². The van der Waals surface area contributed by atoms with Gasteiger partial charge >= 0.3 is 6.18 Å². The van der Waals surface area contributed by atoms with Gasteiger partial charge in [-0.3, -0.25) is 4.31 Å². The molecular weight excluding hydrogens is 514 g/mol. The zero-order valence-electron chi connectivity index (χ0n) is 19.9. The molecule has 0 atom stereocenters. The number of alkyl halides is 3. The highest BCUT2D eigenvalue weighted by molar-refractivity contribution is 7.92. The molecule has 0 bridgehead atoms. The number of hydrogen-bond acceptors (Lipinski definition) is 6. The van der Waals surface area contributed by atoms with E-state index in [0.29, 0.717) is 52.5 Å². The molecule has 37 heavy (non-hydrogen) atoms. The van der Waals surface area contributed by atoms with E-state index in [-0.39, 0.29) is 18.9 Å². The van der Waals surface area contributed by atoms with Crippen LogP contribution >= 0.6 is 0 Å². The molecule has 0 saturated heterocycles. The van der Waals surface area contributed by atoms with Crippen molar-refractivity contribution in [1.29, 1.82) is 0 Å². The first-order chi connectivity index (χ1) is 17.5. The number of nitrogens with one attached hydrogen (secondary N) is 1. The number of benzene rings is 2. The predicted octanol–water partition coefficient (Wildman–Crippen LogP) is 5.51. The number of hydrogen-bond donors (Lipinski definition) is 1. The van der Waals surface area contributed by atoms with E-state index >= 15 is 0 Å². The van der Waals surface area contributed by atoms with Crippen LogP contribution in [0.25, 0.3) is 22.3 Å². The van der Waals surface area contributed by atoms with Crippen LogP contribution in [0.5, 0.6) is 0 Å². The molecule has 7 nitrogen and oxygen atoms in total. The molecule has 2 aromatic carbocycles. The van der Waals surface area contributed by atoms with E-state index in [1.807, 2.05) is 6.07 Å². The summed E-state index contributed by atoms with van der Waals surface area (Å²) in [4.78, 5) is 5.28. The van der Waals surface area contributed by atoms with Crippen LogP contribution in [0, 0.1) is 5.82 Å². The van der Waals surface area contributed by atoms with Gasteiger partial charge in [-0.1, -0.05) is 5.16 Å². The van der Waals surface area contributed by atoms with Crippen molar-refractivity contribution in [3.8, 4) is 11.3 Å². The summed E-state index contributed by atoms with van der Waals surface area (Å²) in [5.41, 5.74) is 2.50. The zero-order chi connectivity index (χ0) is 26.4. The summed E-state index contributed by atoms with van der Waals surface area (Å²) in [6, 6.07) is 9.11. The van der Waals surface area contributed by atoms with Crippen LogP contribution in [0.15, 0.2) is 46.0 Å². The van der Waals surface area contributed by atoms with Gasteiger partial charge in [-0.2, -0.15) is 13.2 Å². The fraction of sp³-hybridized carbons (Fsp3) is 0.400. The predicted molar refractivity (Wildman–Crippen MR) is 132 cm³/mol. The Balaban J connectivity index is 1.68. The second-order valence-electron chi connectivity index (χ2n) is 9.25. The summed E-state index contributed by atoms with van der Waals surface area (Å²) in [5.74, 6) is 0.456. The molecule has 1 N–H and O–H groups in total. The van der Waals surface area contributed by atoms with Gasteiger partial charge in [-0.05, 0) is 61.1 Å². The normalized spacial score (nSPS) is 16.3. The van der Waals surface area contributed by atoms with Crippen molar-refractivity contribution in [2.24, 2.45) is 5.16 Å². The van der Waals surface area contributed by atoms with Crippen molar-refractivity contribution in [3.63, 3.8) is 0 Å². The second-order valence-corrected chi connectivity index (χ2v) is 11.2. The number of oxime groups is 1. The smallest absolute Gasteiger partial charge is 0.389 e. The SMILES string of the molecule is CS(=O)(=O)N(CCCC(F)(F)F)c1cc2oc(-c3ccc(F)cc3)c(C3=NOCCN3)c2cc1C1CC1. The highest BCUT2D eigenvalue weighted by atomic mass is 32.2. The van der Waals surface area contributed by atoms with Crippen molar-refractivity contribution in [3.05, 3.63) is 53.3 Å². The molecule has 5 rings (SSSR count). The molecule has 3 aromatic rings. The first-order valence-corrected chi connectivity index (χ1v) is 13.7. The molecule has 1 aliphatic heterocycles. The number of nitrogens with zero attached hydrogens (tertiary/aromatic N) is 2. The molecule has 0 radical (unpaired) electrons. The number of amidine groups is 1. The quantitative estimate of drug-likeness (QED) is 0.382. The molecule has 0 amide bonds. The minimum atomic E-state index is -4.39. The lowest BCUT2D eigenvalue weighted by Gasteiger charge is -2.25. The lowest BCUT2D eigenvalue weighted by molar-refractivity contribution is -0.134. The Kier molecular flexibility index (Phi) is 6.55. The Hall–Kier alpha value is -3.28. The number of anilines is 1. The van der Waals surface area contributed by atoms with Gasteiger partial charge in [0.25, 0.3) is 0 Å². The van der Waals surface area contributed by atoms with Crippen molar-refractivity contribution in [2.75, 3.05) is 30.3 Å². The van der Waals surface area contributed by atoms with E-state index in [1.54, 1.807) is 18.2 Å². The van der Waals surface area contributed by atoms with Gasteiger partial charge in [0.05, 0.1) is 24.1 Å². The minimum Gasteiger partial charge on any atom is -0.455 e. The zero-order valence-corrected chi connectivity index (χ0v) is 20.8. The van der Waals surface area contributed by atoms with Gasteiger partial charge in [0, 0.05) is 30.0 Å². The number of halogens is 4. The lowest BCUT2D eigenvalue weighted by Crippen LogP contribution is -2.32. The third-order valence-corrected chi connectivity index (χ3v) is 7.51. The third-order valence-electron chi connectivity index (χ3n) is 6.33. The summed E-state index contributed by atoms with van der Waals surface area (Å²) in [5, 5.41) is 7.96. The monoisotopic (exact) mass is 539 g/mol. The fourth-order valence-electron chi connectivity index (χ4n) is 4.51. The Bertz CT molecular complexity index is 1450. The van der Waals surface area contributed by atoms with E-state index in [0.717, 1.165) is 29.0 Å². The molecule has 198 valence electrons. The summed E-state index contributed by atoms with van der Waals surface area (Å²) >= 11 is 0. The van der Waals surface area contributed by atoms with Crippen molar-refractivity contribution in [2.45, 2.75) is 37.8 Å². The average molecular weight is 540 g/mol. The Morgan fingerprint density at radius 1 is 1.16 bits per heavy atom. The van der Waals surface area contributed by atoms with Crippen LogP contribution < -0.4 is 9.62 Å². The summed E-state index contributed by atoms with van der Waals surface area (Å²) in [6.07, 6.45) is -3.21. The van der Waals surface area contributed by atoms with Gasteiger partial charge in [0.1, 0.15) is 23.8 Å². The fourth-order valence-corrected chi connectivity index (χ4v) is 5.48. The first kappa shape index (κ1) is 25.4. The van der Waals surface area contributed by atoms with E-state index in [1.165, 1.54) is 12.1 Å². The molecule has 2 aliphatic rings. The maximum atomic E-state index is 13.6. The van der Waals surface area contributed by atoms with Crippen LogP contribution in [-0.4, -0.2) is 46.4 Å². The number of furan rings is 1. The molecule has 2 heterocycles. The Morgan fingerprint density at radius 2 is 1.89 bits per heavy atom. The molecule has 0 spiro atoms. The number of rotatable bonds is 8. The van der Waals surface area contributed by atoms with Gasteiger partial charge in [0.15, 0.2) is 5.84 Å². The largest absolute Gasteiger partial charge is 0.455 e. The van der Waals surface area contributed by atoms with Crippen LogP contribution in [0.1, 0.15) is 42.7 Å². The van der Waals surface area contributed by atoms with Crippen LogP contribution in [0.3, 0.4) is 0 Å². The first-order valence-electron chi connectivity index (χ1n) is 11.9.